The van der Waals surface area contributed by atoms with Gasteiger partial charge in [-0.15, -0.1) is 0 Å². The monoisotopic (exact) mass is 285 g/mol. The molecule has 2 fully saturated rings. The molecule has 2 aliphatic rings. The molecule has 1 aliphatic carbocycles. The van der Waals surface area contributed by atoms with Gasteiger partial charge < -0.3 is 19.8 Å². The molecule has 1 saturated heterocycles. The quantitative estimate of drug-likeness (QED) is 0.822. The number of carboxylic acid groups (broad SMARTS) is 1. The van der Waals surface area contributed by atoms with Crippen molar-refractivity contribution in [3.8, 4) is 0 Å². The van der Waals surface area contributed by atoms with Crippen molar-refractivity contribution < 1.29 is 24.5 Å². The lowest BCUT2D eigenvalue weighted by atomic mass is 9.88. The number of aliphatic hydroxyl groups is 1. The molecular formula is C14H23NO5. The Morgan fingerprint density at radius 2 is 1.95 bits per heavy atom. The first-order valence-electron chi connectivity index (χ1n) is 7.08. The highest BCUT2D eigenvalue weighted by atomic mass is 16.6. The smallest absolute Gasteiger partial charge is 0.410 e. The summed E-state index contributed by atoms with van der Waals surface area (Å²) in [6.45, 7) is 5.96. The van der Waals surface area contributed by atoms with E-state index >= 15 is 0 Å². The van der Waals surface area contributed by atoms with Gasteiger partial charge in [-0.1, -0.05) is 0 Å². The maximum absolute atomic E-state index is 12.2. The minimum absolute atomic E-state index is 0.233. The Hall–Kier alpha value is -1.30. The van der Waals surface area contributed by atoms with Crippen LogP contribution in [0.3, 0.4) is 0 Å². The van der Waals surface area contributed by atoms with Gasteiger partial charge in [0.2, 0.25) is 0 Å². The first-order valence-corrected chi connectivity index (χ1v) is 7.08. The number of likely N-dealkylation sites (tertiary alicyclic amines) is 1. The topological polar surface area (TPSA) is 87.1 Å². The van der Waals surface area contributed by atoms with Crippen LogP contribution in [0.2, 0.25) is 0 Å². The van der Waals surface area contributed by atoms with E-state index < -0.39 is 29.2 Å². The fourth-order valence-corrected chi connectivity index (χ4v) is 3.08. The number of nitrogens with zero attached hydrogens (tertiary/aromatic N) is 1. The number of aliphatic hydroxyl groups excluding tert-OH is 1. The van der Waals surface area contributed by atoms with Gasteiger partial charge in [-0.3, -0.25) is 0 Å². The molecular weight excluding hydrogens is 262 g/mol. The molecule has 1 amide bonds. The second-order valence-electron chi connectivity index (χ2n) is 6.81. The number of carboxylic acids is 1. The number of aliphatic carboxylic acids is 1. The predicted molar refractivity (Wildman–Crippen MR) is 71.3 cm³/mol. The number of carbonyl (C=O) groups is 2. The third-order valence-corrected chi connectivity index (χ3v) is 4.15. The third-order valence-electron chi connectivity index (χ3n) is 4.15. The molecule has 2 unspecified atom stereocenters. The van der Waals surface area contributed by atoms with Crippen molar-refractivity contribution >= 4 is 12.1 Å². The zero-order valence-corrected chi connectivity index (χ0v) is 12.3. The molecule has 114 valence electrons. The van der Waals surface area contributed by atoms with Crippen LogP contribution in [-0.4, -0.2) is 51.5 Å². The van der Waals surface area contributed by atoms with E-state index in [9.17, 15) is 14.7 Å². The molecule has 20 heavy (non-hydrogen) atoms. The van der Waals surface area contributed by atoms with Crippen LogP contribution in [0.5, 0.6) is 0 Å². The third kappa shape index (κ3) is 2.75. The molecule has 0 spiro atoms. The van der Waals surface area contributed by atoms with Crippen molar-refractivity contribution in [3.63, 3.8) is 0 Å². The minimum Gasteiger partial charge on any atom is -0.479 e. The number of hydrogen-bond donors (Lipinski definition) is 2. The van der Waals surface area contributed by atoms with Crippen molar-refractivity contribution in [2.24, 2.45) is 5.41 Å². The summed E-state index contributed by atoms with van der Waals surface area (Å²) < 4.78 is 5.37. The van der Waals surface area contributed by atoms with Crippen LogP contribution in [-0.2, 0) is 9.53 Å². The standard InChI is InChI=1S/C14H23NO5/c1-13(2,3)20-12(19)15-8-4-5-9(15)14(6-7-14)10(16)11(17)18/h9-10,16H,4-8H2,1-3H3,(H,17,18). The molecule has 0 aromatic carbocycles. The second-order valence-corrected chi connectivity index (χ2v) is 6.81. The van der Waals surface area contributed by atoms with Gasteiger partial charge in [0.05, 0.1) is 0 Å². The first-order chi connectivity index (χ1) is 9.17. The fourth-order valence-electron chi connectivity index (χ4n) is 3.08. The van der Waals surface area contributed by atoms with E-state index in [4.69, 9.17) is 9.84 Å². The van der Waals surface area contributed by atoms with E-state index in [1.54, 1.807) is 25.7 Å². The van der Waals surface area contributed by atoms with Crippen LogP contribution >= 0.6 is 0 Å². The van der Waals surface area contributed by atoms with E-state index in [0.717, 1.165) is 12.8 Å². The SMILES string of the molecule is CC(C)(C)OC(=O)N1CCCC1C1(C(O)C(=O)O)CC1. The zero-order chi connectivity index (χ0) is 15.1. The van der Waals surface area contributed by atoms with Crippen LogP contribution in [0.15, 0.2) is 0 Å². The molecule has 6 heteroatoms. The second kappa shape index (κ2) is 4.91. The lowest BCUT2D eigenvalue weighted by Crippen LogP contribution is -2.49. The Bertz CT molecular complexity index is 410. The largest absolute Gasteiger partial charge is 0.479 e. The summed E-state index contributed by atoms with van der Waals surface area (Å²) in [5, 5.41) is 19.0. The Morgan fingerprint density at radius 3 is 2.40 bits per heavy atom. The number of rotatable bonds is 3. The summed E-state index contributed by atoms with van der Waals surface area (Å²) in [4.78, 5) is 24.9. The molecule has 0 aromatic rings. The van der Waals surface area contributed by atoms with Gasteiger partial charge in [0.25, 0.3) is 0 Å². The Morgan fingerprint density at radius 1 is 1.35 bits per heavy atom. The molecule has 2 atom stereocenters. The van der Waals surface area contributed by atoms with E-state index in [1.807, 2.05) is 0 Å². The van der Waals surface area contributed by atoms with E-state index in [1.165, 1.54) is 0 Å². The highest BCUT2D eigenvalue weighted by Crippen LogP contribution is 2.56. The van der Waals surface area contributed by atoms with Crippen LogP contribution < -0.4 is 0 Å². The van der Waals surface area contributed by atoms with Crippen LogP contribution in [0.4, 0.5) is 4.79 Å². The van der Waals surface area contributed by atoms with Gasteiger partial charge in [-0.2, -0.15) is 0 Å². The Balaban J connectivity index is 2.12. The lowest BCUT2D eigenvalue weighted by molar-refractivity contribution is -0.152. The molecule has 2 rings (SSSR count). The molecule has 1 heterocycles. The summed E-state index contributed by atoms with van der Waals surface area (Å²) in [5.41, 5.74) is -1.26. The number of amides is 1. The summed E-state index contributed by atoms with van der Waals surface area (Å²) in [6.07, 6.45) is 1.01. The molecule has 1 aliphatic heterocycles. The number of carbonyl (C=O) groups excluding carboxylic acids is 1. The highest BCUT2D eigenvalue weighted by molar-refractivity contribution is 5.75. The molecule has 0 aromatic heterocycles. The van der Waals surface area contributed by atoms with Crippen molar-refractivity contribution in [2.45, 2.75) is 64.2 Å². The van der Waals surface area contributed by atoms with Crippen LogP contribution in [0.25, 0.3) is 0 Å². The van der Waals surface area contributed by atoms with E-state index in [0.29, 0.717) is 19.4 Å². The fraction of sp³-hybridized carbons (Fsp3) is 0.857. The van der Waals surface area contributed by atoms with Crippen LogP contribution in [0, 0.1) is 5.41 Å². The lowest BCUT2D eigenvalue weighted by Gasteiger charge is -2.34. The van der Waals surface area contributed by atoms with E-state index in [2.05, 4.69) is 0 Å². The predicted octanol–water partition coefficient (Wildman–Crippen LogP) is 1.61. The van der Waals surface area contributed by atoms with Crippen molar-refractivity contribution in [3.05, 3.63) is 0 Å². The van der Waals surface area contributed by atoms with Crippen molar-refractivity contribution in [2.75, 3.05) is 6.54 Å². The van der Waals surface area contributed by atoms with Crippen molar-refractivity contribution in [1.29, 1.82) is 0 Å². The average Bonchev–Trinajstić information content (AvgIpc) is 2.95. The van der Waals surface area contributed by atoms with Gasteiger partial charge in [-0.05, 0) is 46.5 Å². The maximum atomic E-state index is 12.2. The molecule has 6 nitrogen and oxygen atoms in total. The molecule has 0 bridgehead atoms. The number of ether oxygens (including phenoxy) is 1. The van der Waals surface area contributed by atoms with Gasteiger partial charge in [0.1, 0.15) is 5.60 Å². The Labute approximate surface area is 118 Å². The Kier molecular flexibility index (Phi) is 3.71. The minimum atomic E-state index is -1.41. The zero-order valence-electron chi connectivity index (χ0n) is 12.3. The van der Waals surface area contributed by atoms with E-state index in [-0.39, 0.29) is 6.04 Å². The summed E-state index contributed by atoms with van der Waals surface area (Å²) in [6, 6.07) is -0.233. The van der Waals surface area contributed by atoms with Crippen LogP contribution in [0.1, 0.15) is 46.5 Å². The number of hydrogen-bond acceptors (Lipinski definition) is 4. The molecule has 1 saturated carbocycles. The highest BCUT2D eigenvalue weighted by Gasteiger charge is 2.60. The van der Waals surface area contributed by atoms with Gasteiger partial charge >= 0.3 is 12.1 Å². The summed E-state index contributed by atoms with van der Waals surface area (Å²) in [5.74, 6) is -1.21. The molecule has 0 radical (unpaired) electrons. The van der Waals surface area contributed by atoms with Gasteiger partial charge in [0, 0.05) is 18.0 Å². The summed E-state index contributed by atoms with van der Waals surface area (Å²) in [7, 11) is 0. The molecule has 2 N–H and O–H groups in total. The van der Waals surface area contributed by atoms with Crippen molar-refractivity contribution in [1.82, 2.24) is 4.90 Å². The normalized spacial score (nSPS) is 26.2. The first kappa shape index (κ1) is 15.1. The maximum Gasteiger partial charge on any atom is 0.410 e. The summed E-state index contributed by atoms with van der Waals surface area (Å²) >= 11 is 0. The average molecular weight is 285 g/mol. The van der Waals surface area contributed by atoms with Gasteiger partial charge in [-0.25, -0.2) is 9.59 Å². The van der Waals surface area contributed by atoms with Gasteiger partial charge in [0.15, 0.2) is 6.10 Å².